The van der Waals surface area contributed by atoms with Crippen LogP contribution in [-0.2, 0) is 9.59 Å². The molecule has 38 heavy (non-hydrogen) atoms. The molecule has 3 amide bonds. The lowest BCUT2D eigenvalue weighted by Crippen LogP contribution is -2.52. The summed E-state index contributed by atoms with van der Waals surface area (Å²) in [5, 5.41) is 14.8. The average molecular weight is 534 g/mol. The van der Waals surface area contributed by atoms with Gasteiger partial charge in [-0.2, -0.15) is 5.26 Å². The van der Waals surface area contributed by atoms with Crippen LogP contribution in [0.2, 0.25) is 0 Å². The van der Waals surface area contributed by atoms with E-state index in [1.54, 1.807) is 0 Å². The highest BCUT2D eigenvalue weighted by Crippen LogP contribution is 2.50. The highest BCUT2D eigenvalue weighted by atomic mass is 19.3. The molecule has 202 valence electrons. The molecule has 12 heteroatoms. The first kappa shape index (κ1) is 26.0. The van der Waals surface area contributed by atoms with Crippen molar-refractivity contribution in [3.8, 4) is 6.07 Å². The third kappa shape index (κ3) is 4.59. The summed E-state index contributed by atoms with van der Waals surface area (Å²) < 4.78 is 57.6. The first-order valence-electron chi connectivity index (χ1n) is 12.6. The number of aromatic nitrogens is 1. The number of fused-ring (bicyclic) bond motifs is 2. The van der Waals surface area contributed by atoms with Crippen molar-refractivity contribution in [2.45, 2.75) is 57.0 Å². The van der Waals surface area contributed by atoms with Crippen LogP contribution in [0.4, 0.5) is 17.6 Å². The lowest BCUT2D eigenvalue weighted by atomic mass is 9.90. The van der Waals surface area contributed by atoms with E-state index in [-0.39, 0.29) is 41.0 Å². The number of carbonyl (C=O) groups excluding carboxylic acids is 3. The third-order valence-corrected chi connectivity index (χ3v) is 8.01. The zero-order valence-electron chi connectivity index (χ0n) is 20.6. The molecule has 2 aromatic rings. The van der Waals surface area contributed by atoms with E-state index in [2.05, 4.69) is 15.6 Å². The predicted molar refractivity (Wildman–Crippen MR) is 127 cm³/mol. The number of nitrogens with one attached hydrogen (secondary N) is 3. The van der Waals surface area contributed by atoms with Crippen LogP contribution in [0.5, 0.6) is 0 Å². The average Bonchev–Trinajstić information content (AvgIpc) is 3.53. The van der Waals surface area contributed by atoms with E-state index < -0.39 is 72.1 Å². The Morgan fingerprint density at radius 3 is 2.76 bits per heavy atom. The molecule has 0 radical (unpaired) electrons. The molecule has 2 aliphatic heterocycles. The number of likely N-dealkylation sites (tertiary alicyclic amines) is 1. The number of aryl methyl sites for hydroxylation is 1. The second-order valence-corrected chi connectivity index (χ2v) is 10.6. The summed E-state index contributed by atoms with van der Waals surface area (Å²) in [6, 6.07) is 1.74. The molecular formula is C26H27F4N5O3. The second kappa shape index (κ2) is 9.60. The van der Waals surface area contributed by atoms with Crippen LogP contribution < -0.4 is 10.6 Å². The minimum absolute atomic E-state index is 0.0419. The number of hydrogen-bond donors (Lipinski definition) is 3. The maximum absolute atomic E-state index is 14.6. The van der Waals surface area contributed by atoms with Crippen LogP contribution in [0.25, 0.3) is 10.9 Å². The van der Waals surface area contributed by atoms with Crippen molar-refractivity contribution in [1.29, 1.82) is 5.26 Å². The fourth-order valence-electron chi connectivity index (χ4n) is 6.20. The summed E-state index contributed by atoms with van der Waals surface area (Å²) in [6.07, 6.45) is 0.245. The molecule has 1 aromatic heterocycles. The van der Waals surface area contributed by atoms with Crippen LogP contribution in [0.15, 0.2) is 12.1 Å². The number of benzene rings is 1. The van der Waals surface area contributed by atoms with Gasteiger partial charge in [0, 0.05) is 37.2 Å². The molecule has 3 aliphatic rings. The second-order valence-electron chi connectivity index (χ2n) is 10.6. The van der Waals surface area contributed by atoms with Gasteiger partial charge < -0.3 is 20.5 Å². The Bertz CT molecular complexity index is 1350. The summed E-state index contributed by atoms with van der Waals surface area (Å²) in [5.41, 5.74) is -0.336. The minimum Gasteiger partial charge on any atom is -0.356 e. The molecule has 3 N–H and O–H groups in total. The Morgan fingerprint density at radius 1 is 1.29 bits per heavy atom. The molecule has 5 atom stereocenters. The zero-order valence-corrected chi connectivity index (χ0v) is 20.6. The number of aromatic amines is 1. The lowest BCUT2D eigenvalue weighted by Gasteiger charge is -2.29. The Labute approximate surface area is 215 Å². The third-order valence-electron chi connectivity index (χ3n) is 8.01. The highest BCUT2D eigenvalue weighted by molar-refractivity contribution is 6.01. The summed E-state index contributed by atoms with van der Waals surface area (Å²) >= 11 is 0. The van der Waals surface area contributed by atoms with Crippen LogP contribution in [-0.4, -0.2) is 58.7 Å². The maximum Gasteiger partial charge on any atom is 0.271 e. The van der Waals surface area contributed by atoms with E-state index in [1.807, 2.05) is 6.07 Å². The van der Waals surface area contributed by atoms with Gasteiger partial charge in [0.2, 0.25) is 17.7 Å². The molecule has 0 unspecified atom stereocenters. The van der Waals surface area contributed by atoms with Gasteiger partial charge in [-0.1, -0.05) is 0 Å². The smallest absolute Gasteiger partial charge is 0.271 e. The van der Waals surface area contributed by atoms with E-state index in [0.717, 1.165) is 23.5 Å². The van der Waals surface area contributed by atoms with Gasteiger partial charge in [0.1, 0.15) is 29.4 Å². The van der Waals surface area contributed by atoms with Crippen LogP contribution in [0.1, 0.15) is 48.2 Å². The van der Waals surface area contributed by atoms with Crippen LogP contribution in [0, 0.1) is 47.6 Å². The molecule has 1 aliphatic carbocycles. The Balaban J connectivity index is 1.41. The predicted octanol–water partition coefficient (Wildman–Crippen LogP) is 3.17. The molecule has 5 rings (SSSR count). The number of alkyl halides is 2. The summed E-state index contributed by atoms with van der Waals surface area (Å²) in [5.74, 6) is -8.18. The Hall–Kier alpha value is -3.62. The molecule has 1 aromatic carbocycles. The number of nitrogens with zero attached hydrogens (tertiary/aromatic N) is 2. The number of carbonyl (C=O) groups is 3. The fourth-order valence-corrected chi connectivity index (χ4v) is 6.20. The summed E-state index contributed by atoms with van der Waals surface area (Å²) in [7, 11) is 0. The molecule has 3 fully saturated rings. The number of rotatable bonds is 5. The standard InChI is InChI=1S/C26H27F4N5O3/c1-12-5-18(27)16-7-19(34-21(16)20(12)28)25(38)35-11-14-8-26(29,30)9-17(14)22(35)24(37)33-15(10-31)6-13-3-2-4-32-23(13)36/h5,7,13-15,17,22,34H,2-4,6,8-9,11H2,1H3,(H,32,36)(H,33,37)/t13-,14-,15-,17-,22-/m1/s1. The molecule has 2 saturated heterocycles. The first-order chi connectivity index (χ1) is 18.0. The van der Waals surface area contributed by atoms with Gasteiger partial charge in [-0.05, 0) is 55.7 Å². The lowest BCUT2D eigenvalue weighted by molar-refractivity contribution is -0.129. The van der Waals surface area contributed by atoms with Gasteiger partial charge >= 0.3 is 0 Å². The van der Waals surface area contributed by atoms with Gasteiger partial charge in [-0.15, -0.1) is 0 Å². The normalized spacial score (nSPS) is 27.1. The maximum atomic E-state index is 14.6. The first-order valence-corrected chi connectivity index (χ1v) is 12.6. The number of H-pyrrole nitrogens is 1. The molecule has 3 heterocycles. The van der Waals surface area contributed by atoms with Gasteiger partial charge in [0.25, 0.3) is 5.91 Å². The van der Waals surface area contributed by atoms with Crippen molar-refractivity contribution in [1.82, 2.24) is 20.5 Å². The van der Waals surface area contributed by atoms with Crippen molar-refractivity contribution in [3.63, 3.8) is 0 Å². The molecule has 1 saturated carbocycles. The molecule has 0 bridgehead atoms. The van der Waals surface area contributed by atoms with Crippen LogP contribution in [0.3, 0.4) is 0 Å². The zero-order chi connectivity index (χ0) is 27.4. The van der Waals surface area contributed by atoms with E-state index in [4.69, 9.17) is 0 Å². The van der Waals surface area contributed by atoms with E-state index >= 15 is 0 Å². The Morgan fingerprint density at radius 2 is 2.05 bits per heavy atom. The van der Waals surface area contributed by atoms with Gasteiger partial charge in [-0.3, -0.25) is 14.4 Å². The number of nitriles is 1. The Kier molecular flexibility index (Phi) is 6.57. The van der Waals surface area contributed by atoms with Crippen molar-refractivity contribution in [2.24, 2.45) is 17.8 Å². The quantitative estimate of drug-likeness (QED) is 0.512. The van der Waals surface area contributed by atoms with Gasteiger partial charge in [-0.25, -0.2) is 17.6 Å². The van der Waals surface area contributed by atoms with Crippen molar-refractivity contribution < 1.29 is 31.9 Å². The number of hydrogen-bond acceptors (Lipinski definition) is 4. The van der Waals surface area contributed by atoms with E-state index in [0.29, 0.717) is 13.0 Å². The molecule has 0 spiro atoms. The van der Waals surface area contributed by atoms with E-state index in [9.17, 15) is 37.2 Å². The van der Waals surface area contributed by atoms with Crippen LogP contribution >= 0.6 is 0 Å². The summed E-state index contributed by atoms with van der Waals surface area (Å²) in [6.45, 7) is 1.78. The fraction of sp³-hybridized carbons (Fsp3) is 0.538. The monoisotopic (exact) mass is 533 g/mol. The largest absolute Gasteiger partial charge is 0.356 e. The van der Waals surface area contributed by atoms with Crippen molar-refractivity contribution in [3.05, 3.63) is 35.0 Å². The number of amides is 3. The number of piperidine rings is 1. The minimum atomic E-state index is -3.00. The van der Waals surface area contributed by atoms with Gasteiger partial charge in [0.15, 0.2) is 0 Å². The van der Waals surface area contributed by atoms with Gasteiger partial charge in [0.05, 0.1) is 11.6 Å². The highest BCUT2D eigenvalue weighted by Gasteiger charge is 2.58. The molecule has 8 nitrogen and oxygen atoms in total. The van der Waals surface area contributed by atoms with Crippen molar-refractivity contribution >= 4 is 28.6 Å². The SMILES string of the molecule is Cc1cc(F)c2cc(C(=O)N3C[C@H]4CC(F)(F)C[C@H]4[C@@H]3C(=O)N[C@@H](C#N)C[C@H]3CCCNC3=O)[nH]c2c1F. The van der Waals surface area contributed by atoms with E-state index in [1.165, 1.54) is 6.92 Å². The number of halogens is 4. The topological polar surface area (TPSA) is 118 Å². The van der Waals surface area contributed by atoms with Crippen molar-refractivity contribution in [2.75, 3.05) is 13.1 Å². The molecular weight excluding hydrogens is 506 g/mol. The summed E-state index contributed by atoms with van der Waals surface area (Å²) in [4.78, 5) is 42.8.